The van der Waals surface area contributed by atoms with Gasteiger partial charge in [-0.2, -0.15) is 0 Å². The van der Waals surface area contributed by atoms with Gasteiger partial charge in [-0.15, -0.1) is 0 Å². The molecule has 1 N–H and O–H groups in total. The van der Waals surface area contributed by atoms with E-state index in [0.717, 1.165) is 33.2 Å². The van der Waals surface area contributed by atoms with Gasteiger partial charge in [0, 0.05) is 8.95 Å². The van der Waals surface area contributed by atoms with Crippen molar-refractivity contribution in [1.82, 2.24) is 0 Å². The number of fused-ring (bicyclic) bond motifs is 1. The summed E-state index contributed by atoms with van der Waals surface area (Å²) in [5.41, 5.74) is 3.87. The quantitative estimate of drug-likeness (QED) is 0.757. The zero-order valence-corrected chi connectivity index (χ0v) is 14.3. The lowest BCUT2D eigenvalue weighted by Gasteiger charge is -2.17. The van der Waals surface area contributed by atoms with Crippen LogP contribution in [0.5, 0.6) is 5.75 Å². The number of methoxy groups -OCH3 is 1. The first kappa shape index (κ1) is 14.0. The smallest absolute Gasteiger partial charge is 0.119 e. The highest BCUT2D eigenvalue weighted by atomic mass is 79.9. The van der Waals surface area contributed by atoms with Crippen LogP contribution in [-0.2, 0) is 6.42 Å². The van der Waals surface area contributed by atoms with Crippen LogP contribution in [0.3, 0.4) is 0 Å². The van der Waals surface area contributed by atoms with Crippen LogP contribution in [0.1, 0.15) is 23.6 Å². The Morgan fingerprint density at radius 2 is 2.00 bits per heavy atom. The van der Waals surface area contributed by atoms with Crippen molar-refractivity contribution in [1.29, 1.82) is 0 Å². The summed E-state index contributed by atoms with van der Waals surface area (Å²) < 4.78 is 7.49. The number of hydrogen-bond donors (Lipinski definition) is 1. The second-order valence-electron chi connectivity index (χ2n) is 4.92. The Labute approximate surface area is 135 Å². The Morgan fingerprint density at radius 1 is 1.15 bits per heavy atom. The third-order valence-electron chi connectivity index (χ3n) is 3.69. The molecule has 2 aromatic carbocycles. The summed E-state index contributed by atoms with van der Waals surface area (Å²) in [5.74, 6) is 0.922. The zero-order valence-electron chi connectivity index (χ0n) is 11.1. The first-order chi connectivity index (χ1) is 9.67. The number of halogens is 2. The molecule has 0 spiro atoms. The number of nitrogens with one attached hydrogen (secondary N) is 1. The molecule has 0 aromatic heterocycles. The number of rotatable bonds is 3. The molecule has 0 saturated heterocycles. The standard InChI is InChI=1S/C16H15Br2NO/c1-20-12-5-2-10-3-7-15(13(10)9-12)19-16-8-11(17)4-6-14(16)18/h2,4-6,8-9,15,19H,3,7H2,1H3. The average Bonchev–Trinajstić information content (AvgIpc) is 2.85. The lowest BCUT2D eigenvalue weighted by molar-refractivity contribution is 0.414. The van der Waals surface area contributed by atoms with E-state index in [0.29, 0.717) is 6.04 Å². The van der Waals surface area contributed by atoms with E-state index in [1.54, 1.807) is 7.11 Å². The fourth-order valence-electron chi connectivity index (χ4n) is 2.65. The molecule has 1 aliphatic carbocycles. The maximum absolute atomic E-state index is 5.34. The number of ether oxygens (including phenoxy) is 1. The number of aryl methyl sites for hydroxylation is 1. The van der Waals surface area contributed by atoms with Crippen molar-refractivity contribution in [3.05, 3.63) is 56.5 Å². The van der Waals surface area contributed by atoms with E-state index in [1.807, 2.05) is 18.2 Å². The molecule has 0 fully saturated rings. The van der Waals surface area contributed by atoms with Crippen molar-refractivity contribution in [2.45, 2.75) is 18.9 Å². The van der Waals surface area contributed by atoms with Crippen LogP contribution in [0.15, 0.2) is 45.3 Å². The van der Waals surface area contributed by atoms with Crippen LogP contribution < -0.4 is 10.1 Å². The molecule has 0 amide bonds. The summed E-state index contributed by atoms with van der Waals surface area (Å²) in [5, 5.41) is 3.63. The minimum absolute atomic E-state index is 0.339. The maximum Gasteiger partial charge on any atom is 0.119 e. The summed E-state index contributed by atoms with van der Waals surface area (Å²) >= 11 is 7.12. The molecular formula is C16H15Br2NO. The van der Waals surface area contributed by atoms with Crippen molar-refractivity contribution in [2.75, 3.05) is 12.4 Å². The Bertz CT molecular complexity index is 642. The van der Waals surface area contributed by atoms with Crippen molar-refractivity contribution >= 4 is 37.5 Å². The van der Waals surface area contributed by atoms with E-state index < -0.39 is 0 Å². The minimum Gasteiger partial charge on any atom is -0.497 e. The van der Waals surface area contributed by atoms with E-state index in [1.165, 1.54) is 11.1 Å². The normalized spacial score (nSPS) is 16.9. The highest BCUT2D eigenvalue weighted by Crippen LogP contribution is 2.38. The van der Waals surface area contributed by atoms with Gasteiger partial charge >= 0.3 is 0 Å². The highest BCUT2D eigenvalue weighted by Gasteiger charge is 2.23. The first-order valence-corrected chi connectivity index (χ1v) is 8.14. The van der Waals surface area contributed by atoms with Gasteiger partial charge in [-0.1, -0.05) is 22.0 Å². The Kier molecular flexibility index (Phi) is 4.03. The van der Waals surface area contributed by atoms with E-state index in [9.17, 15) is 0 Å². The molecule has 3 rings (SSSR count). The Hall–Kier alpha value is -1.000. The van der Waals surface area contributed by atoms with Gasteiger partial charge in [-0.25, -0.2) is 0 Å². The molecule has 2 aromatic rings. The van der Waals surface area contributed by atoms with Gasteiger partial charge in [0.05, 0.1) is 18.8 Å². The van der Waals surface area contributed by atoms with Gasteiger partial charge in [-0.05, 0) is 70.2 Å². The van der Waals surface area contributed by atoms with Gasteiger partial charge < -0.3 is 10.1 Å². The molecule has 1 unspecified atom stereocenters. The molecule has 1 aliphatic rings. The molecule has 20 heavy (non-hydrogen) atoms. The molecule has 104 valence electrons. The predicted octanol–water partition coefficient (Wildman–Crippen LogP) is 5.32. The highest BCUT2D eigenvalue weighted by molar-refractivity contribution is 9.11. The summed E-state index contributed by atoms with van der Waals surface area (Å²) in [6, 6.07) is 12.9. The molecule has 0 heterocycles. The Balaban J connectivity index is 1.89. The topological polar surface area (TPSA) is 21.3 Å². The van der Waals surface area contributed by atoms with Crippen LogP contribution in [0.25, 0.3) is 0 Å². The van der Waals surface area contributed by atoms with Gasteiger partial charge in [0.2, 0.25) is 0 Å². The summed E-state index contributed by atoms with van der Waals surface area (Å²) in [7, 11) is 1.71. The number of anilines is 1. The van der Waals surface area contributed by atoms with Crippen LogP contribution in [0.2, 0.25) is 0 Å². The fraction of sp³-hybridized carbons (Fsp3) is 0.250. The van der Waals surface area contributed by atoms with Crippen molar-refractivity contribution in [3.8, 4) is 5.75 Å². The summed E-state index contributed by atoms with van der Waals surface area (Å²) in [6.45, 7) is 0. The van der Waals surface area contributed by atoms with Crippen LogP contribution in [0, 0.1) is 0 Å². The monoisotopic (exact) mass is 395 g/mol. The minimum atomic E-state index is 0.339. The maximum atomic E-state index is 5.34. The second-order valence-corrected chi connectivity index (χ2v) is 6.69. The molecule has 0 aliphatic heterocycles. The van der Waals surface area contributed by atoms with Gasteiger partial charge in [0.1, 0.15) is 5.75 Å². The second kappa shape index (κ2) is 5.78. The number of benzene rings is 2. The van der Waals surface area contributed by atoms with Gasteiger partial charge in [-0.3, -0.25) is 0 Å². The molecule has 0 bridgehead atoms. The van der Waals surface area contributed by atoms with E-state index in [-0.39, 0.29) is 0 Å². The SMILES string of the molecule is COc1ccc2c(c1)C(Nc1cc(Br)ccc1Br)CC2. The lowest BCUT2D eigenvalue weighted by atomic mass is 10.1. The largest absolute Gasteiger partial charge is 0.497 e. The third-order valence-corrected chi connectivity index (χ3v) is 4.87. The molecule has 2 nitrogen and oxygen atoms in total. The predicted molar refractivity (Wildman–Crippen MR) is 89.5 cm³/mol. The molecule has 1 atom stereocenters. The zero-order chi connectivity index (χ0) is 14.1. The van der Waals surface area contributed by atoms with Crippen molar-refractivity contribution in [3.63, 3.8) is 0 Å². The third kappa shape index (κ3) is 2.72. The summed E-state index contributed by atoms with van der Waals surface area (Å²) in [4.78, 5) is 0. The average molecular weight is 397 g/mol. The molecule has 0 saturated carbocycles. The lowest BCUT2D eigenvalue weighted by Crippen LogP contribution is -2.07. The molecule has 0 radical (unpaired) electrons. The van der Waals surface area contributed by atoms with Gasteiger partial charge in [0.15, 0.2) is 0 Å². The van der Waals surface area contributed by atoms with E-state index in [4.69, 9.17) is 4.74 Å². The molecule has 4 heteroatoms. The van der Waals surface area contributed by atoms with Crippen LogP contribution in [0.4, 0.5) is 5.69 Å². The fourth-order valence-corrected chi connectivity index (χ4v) is 3.38. The van der Waals surface area contributed by atoms with Crippen molar-refractivity contribution < 1.29 is 4.74 Å². The van der Waals surface area contributed by atoms with E-state index in [2.05, 4.69) is 55.4 Å². The van der Waals surface area contributed by atoms with Crippen LogP contribution in [-0.4, -0.2) is 7.11 Å². The summed E-state index contributed by atoms with van der Waals surface area (Å²) in [6.07, 6.45) is 2.23. The van der Waals surface area contributed by atoms with Crippen molar-refractivity contribution in [2.24, 2.45) is 0 Å². The Morgan fingerprint density at radius 3 is 2.80 bits per heavy atom. The molecular weight excluding hydrogens is 382 g/mol. The number of hydrogen-bond acceptors (Lipinski definition) is 2. The first-order valence-electron chi connectivity index (χ1n) is 6.56. The van der Waals surface area contributed by atoms with E-state index >= 15 is 0 Å². The van der Waals surface area contributed by atoms with Crippen LogP contribution >= 0.6 is 31.9 Å². The van der Waals surface area contributed by atoms with Gasteiger partial charge in [0.25, 0.3) is 0 Å².